The molecule has 0 spiro atoms. The molecule has 1 N–H and O–H groups in total. The number of carboxylic acid groups (broad SMARTS) is 1. The van der Waals surface area contributed by atoms with Crippen LogP contribution in [0.2, 0.25) is 0 Å². The van der Waals surface area contributed by atoms with E-state index in [9.17, 15) is 9.90 Å². The van der Waals surface area contributed by atoms with E-state index in [4.69, 9.17) is 4.74 Å². The molecule has 1 heterocycles. The largest absolute Gasteiger partial charge is 0.497 e. The third-order valence-electron chi connectivity index (χ3n) is 3.74. The van der Waals surface area contributed by atoms with E-state index < -0.39 is 11.4 Å². The molecule has 3 atom stereocenters. The number of hydrogen-bond donors (Lipinski definition) is 1. The van der Waals surface area contributed by atoms with E-state index in [1.807, 2.05) is 18.2 Å². The lowest BCUT2D eigenvalue weighted by Gasteiger charge is -2.32. The van der Waals surface area contributed by atoms with Crippen LogP contribution in [-0.2, 0) is 9.53 Å². The van der Waals surface area contributed by atoms with Gasteiger partial charge in [0.15, 0.2) is 0 Å². The summed E-state index contributed by atoms with van der Waals surface area (Å²) < 4.78 is 5.56. The average molecular weight is 192 g/mol. The number of aliphatic carboxylic acids is 1. The van der Waals surface area contributed by atoms with Crippen LogP contribution < -0.4 is 0 Å². The predicted octanol–water partition coefficient (Wildman–Crippen LogP) is 1.57. The van der Waals surface area contributed by atoms with Crippen LogP contribution in [0.1, 0.15) is 12.8 Å². The number of allylic oxidation sites excluding steroid dienone is 4. The van der Waals surface area contributed by atoms with E-state index >= 15 is 0 Å². The summed E-state index contributed by atoms with van der Waals surface area (Å²) in [7, 11) is 0. The van der Waals surface area contributed by atoms with Crippen LogP contribution in [0.4, 0.5) is 0 Å². The molecule has 3 nitrogen and oxygen atoms in total. The zero-order valence-corrected chi connectivity index (χ0v) is 7.77. The summed E-state index contributed by atoms with van der Waals surface area (Å²) >= 11 is 0. The summed E-state index contributed by atoms with van der Waals surface area (Å²) in [6.07, 6.45) is 7.49. The third-order valence-corrected chi connectivity index (χ3v) is 3.74. The SMILES string of the molecule is O=C(O)C12CC1COC1=CC=CCC12. The Morgan fingerprint density at radius 2 is 2.50 bits per heavy atom. The molecule has 0 aromatic heterocycles. The fourth-order valence-corrected chi connectivity index (χ4v) is 2.81. The molecule has 3 unspecified atom stereocenters. The quantitative estimate of drug-likeness (QED) is 0.685. The molecular formula is C11H12O3. The van der Waals surface area contributed by atoms with E-state index in [0.717, 1.165) is 18.6 Å². The Morgan fingerprint density at radius 3 is 3.29 bits per heavy atom. The number of rotatable bonds is 1. The second-order valence-corrected chi connectivity index (χ2v) is 4.34. The second-order valence-electron chi connectivity index (χ2n) is 4.34. The van der Waals surface area contributed by atoms with E-state index in [2.05, 4.69) is 0 Å². The molecule has 0 aromatic carbocycles. The van der Waals surface area contributed by atoms with Crippen molar-refractivity contribution < 1.29 is 14.6 Å². The first-order valence-electron chi connectivity index (χ1n) is 4.98. The fraction of sp³-hybridized carbons (Fsp3) is 0.545. The maximum absolute atomic E-state index is 11.3. The Kier molecular flexibility index (Phi) is 1.39. The van der Waals surface area contributed by atoms with Crippen LogP contribution in [0, 0.1) is 17.3 Å². The normalized spacial score (nSPS) is 43.0. The van der Waals surface area contributed by atoms with Crippen molar-refractivity contribution in [3.63, 3.8) is 0 Å². The molecule has 1 aliphatic heterocycles. The molecule has 1 saturated heterocycles. The standard InChI is InChI=1S/C11H12O3/c12-10(13)11-5-7(11)6-14-9-4-2-1-3-8(9)11/h1-2,4,7-8H,3,5-6H2,(H,12,13). The zero-order chi connectivity index (χ0) is 9.76. The highest BCUT2D eigenvalue weighted by atomic mass is 16.5. The van der Waals surface area contributed by atoms with Crippen LogP contribution in [0.5, 0.6) is 0 Å². The molecule has 0 aromatic rings. The molecule has 2 fully saturated rings. The van der Waals surface area contributed by atoms with Crippen molar-refractivity contribution in [3.05, 3.63) is 24.0 Å². The molecule has 74 valence electrons. The summed E-state index contributed by atoms with van der Waals surface area (Å²) in [6, 6.07) is 0. The maximum atomic E-state index is 11.3. The van der Waals surface area contributed by atoms with Gasteiger partial charge in [0.05, 0.1) is 12.0 Å². The Bertz CT molecular complexity index is 356. The van der Waals surface area contributed by atoms with Crippen molar-refractivity contribution in [2.75, 3.05) is 6.61 Å². The van der Waals surface area contributed by atoms with Gasteiger partial charge in [-0.1, -0.05) is 12.2 Å². The first kappa shape index (κ1) is 8.09. The topological polar surface area (TPSA) is 46.5 Å². The molecule has 3 heteroatoms. The molecule has 1 saturated carbocycles. The summed E-state index contributed by atoms with van der Waals surface area (Å²) in [5, 5.41) is 9.27. The number of hydrogen-bond acceptors (Lipinski definition) is 2. The van der Waals surface area contributed by atoms with Crippen molar-refractivity contribution in [2.45, 2.75) is 12.8 Å². The molecule has 14 heavy (non-hydrogen) atoms. The lowest BCUT2D eigenvalue weighted by molar-refractivity contribution is -0.148. The Hall–Kier alpha value is -1.25. The Morgan fingerprint density at radius 1 is 1.64 bits per heavy atom. The maximum Gasteiger partial charge on any atom is 0.310 e. The lowest BCUT2D eigenvalue weighted by Crippen LogP contribution is -2.34. The highest BCUT2D eigenvalue weighted by molar-refractivity contribution is 5.80. The highest BCUT2D eigenvalue weighted by Gasteiger charge is 2.68. The number of carboxylic acids is 1. The van der Waals surface area contributed by atoms with Crippen LogP contribution >= 0.6 is 0 Å². The van der Waals surface area contributed by atoms with Gasteiger partial charge in [0, 0.05) is 11.8 Å². The average Bonchev–Trinajstić information content (AvgIpc) is 2.93. The number of fused-ring (bicyclic) bond motifs is 3. The Balaban J connectivity index is 2.00. The van der Waals surface area contributed by atoms with Crippen LogP contribution in [0.25, 0.3) is 0 Å². The second kappa shape index (κ2) is 2.41. The first-order valence-corrected chi connectivity index (χ1v) is 4.98. The fourth-order valence-electron chi connectivity index (χ4n) is 2.81. The molecule has 3 aliphatic rings. The van der Waals surface area contributed by atoms with Crippen molar-refractivity contribution in [1.82, 2.24) is 0 Å². The van der Waals surface area contributed by atoms with Gasteiger partial charge in [0.2, 0.25) is 0 Å². The van der Waals surface area contributed by atoms with Gasteiger partial charge in [-0.05, 0) is 18.9 Å². The summed E-state index contributed by atoms with van der Waals surface area (Å²) in [6.45, 7) is 0.586. The Labute approximate surface area is 82.1 Å². The third kappa shape index (κ3) is 0.800. The van der Waals surface area contributed by atoms with Crippen molar-refractivity contribution in [3.8, 4) is 0 Å². The lowest BCUT2D eigenvalue weighted by atomic mass is 9.79. The van der Waals surface area contributed by atoms with Gasteiger partial charge in [0.1, 0.15) is 5.76 Å². The van der Waals surface area contributed by atoms with Gasteiger partial charge >= 0.3 is 5.97 Å². The molecule has 3 rings (SSSR count). The first-order chi connectivity index (χ1) is 6.75. The van der Waals surface area contributed by atoms with E-state index in [0.29, 0.717) is 6.61 Å². The van der Waals surface area contributed by atoms with Crippen LogP contribution in [-0.4, -0.2) is 17.7 Å². The molecule has 0 radical (unpaired) electrons. The van der Waals surface area contributed by atoms with E-state index in [1.165, 1.54) is 0 Å². The zero-order valence-electron chi connectivity index (χ0n) is 7.77. The summed E-state index contributed by atoms with van der Waals surface area (Å²) in [5.74, 6) is 0.568. The molecule has 0 amide bonds. The van der Waals surface area contributed by atoms with E-state index in [-0.39, 0.29) is 11.8 Å². The van der Waals surface area contributed by atoms with Gasteiger partial charge in [-0.15, -0.1) is 0 Å². The minimum atomic E-state index is -0.642. The van der Waals surface area contributed by atoms with Crippen molar-refractivity contribution >= 4 is 5.97 Å². The predicted molar refractivity (Wildman–Crippen MR) is 49.5 cm³/mol. The summed E-state index contributed by atoms with van der Waals surface area (Å²) in [5.41, 5.74) is -0.491. The van der Waals surface area contributed by atoms with Gasteiger partial charge in [-0.25, -0.2) is 0 Å². The monoisotopic (exact) mass is 192 g/mol. The minimum Gasteiger partial charge on any atom is -0.497 e. The van der Waals surface area contributed by atoms with Gasteiger partial charge in [-0.2, -0.15) is 0 Å². The van der Waals surface area contributed by atoms with Gasteiger partial charge < -0.3 is 9.84 Å². The molecule has 2 aliphatic carbocycles. The summed E-state index contributed by atoms with van der Waals surface area (Å²) in [4.78, 5) is 11.3. The molecular weight excluding hydrogens is 180 g/mol. The van der Waals surface area contributed by atoms with Gasteiger partial charge in [-0.3, -0.25) is 4.79 Å². The van der Waals surface area contributed by atoms with Gasteiger partial charge in [0.25, 0.3) is 0 Å². The smallest absolute Gasteiger partial charge is 0.310 e. The minimum absolute atomic E-state index is 0.0868. The number of ether oxygens (including phenoxy) is 1. The van der Waals surface area contributed by atoms with E-state index in [1.54, 1.807) is 0 Å². The van der Waals surface area contributed by atoms with Crippen LogP contribution in [0.15, 0.2) is 24.0 Å². The van der Waals surface area contributed by atoms with Crippen molar-refractivity contribution in [1.29, 1.82) is 0 Å². The number of carbonyl (C=O) groups is 1. The van der Waals surface area contributed by atoms with Crippen molar-refractivity contribution in [2.24, 2.45) is 17.3 Å². The van der Waals surface area contributed by atoms with Crippen LogP contribution in [0.3, 0.4) is 0 Å². The molecule has 0 bridgehead atoms. The highest BCUT2D eigenvalue weighted by Crippen LogP contribution is 2.64.